The Morgan fingerprint density at radius 3 is 3.12 bits per heavy atom. The van der Waals surface area contributed by atoms with Gasteiger partial charge in [0.2, 0.25) is 0 Å². The number of hydrogen-bond donors (Lipinski definition) is 1. The van der Waals surface area contributed by atoms with Crippen LogP contribution >= 0.6 is 0 Å². The van der Waals surface area contributed by atoms with Gasteiger partial charge in [-0.1, -0.05) is 12.1 Å². The van der Waals surface area contributed by atoms with E-state index in [1.165, 1.54) is 11.1 Å². The number of fused-ring (bicyclic) bond motifs is 1. The number of aryl methyl sites for hydroxylation is 1. The second-order valence-corrected chi connectivity index (χ2v) is 4.71. The zero-order valence-electron chi connectivity index (χ0n) is 10.5. The van der Waals surface area contributed by atoms with Crippen LogP contribution < -0.4 is 4.74 Å². The van der Waals surface area contributed by atoms with Crippen molar-refractivity contribution in [3.05, 3.63) is 29.3 Å². The van der Waals surface area contributed by atoms with E-state index in [-0.39, 0.29) is 6.61 Å². The summed E-state index contributed by atoms with van der Waals surface area (Å²) < 4.78 is 5.60. The monoisotopic (exact) mass is 235 g/mol. The minimum absolute atomic E-state index is 0.266. The zero-order valence-corrected chi connectivity index (χ0v) is 10.5. The van der Waals surface area contributed by atoms with Crippen LogP contribution in [0.25, 0.3) is 0 Å². The first-order valence-electron chi connectivity index (χ1n) is 6.33. The van der Waals surface area contributed by atoms with E-state index in [1.807, 2.05) is 0 Å². The molecule has 0 spiro atoms. The highest BCUT2D eigenvalue weighted by Gasteiger charge is 2.11. The minimum atomic E-state index is 0.266. The third-order valence-electron chi connectivity index (χ3n) is 3.12. The van der Waals surface area contributed by atoms with Crippen LogP contribution in [0.1, 0.15) is 24.0 Å². The molecule has 0 aliphatic carbocycles. The van der Waals surface area contributed by atoms with Crippen molar-refractivity contribution in [2.45, 2.75) is 25.8 Å². The Morgan fingerprint density at radius 1 is 1.41 bits per heavy atom. The van der Waals surface area contributed by atoms with E-state index in [1.54, 1.807) is 0 Å². The van der Waals surface area contributed by atoms with Gasteiger partial charge in [-0.3, -0.25) is 0 Å². The summed E-state index contributed by atoms with van der Waals surface area (Å²) in [6, 6.07) is 6.48. The first-order valence-corrected chi connectivity index (χ1v) is 6.33. The lowest BCUT2D eigenvalue weighted by atomic mass is 10.0. The molecule has 1 aliphatic rings. The van der Waals surface area contributed by atoms with Gasteiger partial charge in [-0.15, -0.1) is 0 Å². The van der Waals surface area contributed by atoms with Crippen LogP contribution in [-0.2, 0) is 13.0 Å². The number of ether oxygens (including phenoxy) is 1. The molecule has 2 rings (SSSR count). The van der Waals surface area contributed by atoms with Gasteiger partial charge in [-0.2, -0.15) is 0 Å². The van der Waals surface area contributed by atoms with E-state index in [0.717, 1.165) is 44.7 Å². The first-order chi connectivity index (χ1) is 8.29. The van der Waals surface area contributed by atoms with E-state index >= 15 is 0 Å². The lowest BCUT2D eigenvalue weighted by Crippen LogP contribution is -2.20. The highest BCUT2D eigenvalue weighted by molar-refractivity contribution is 5.38. The second-order valence-electron chi connectivity index (χ2n) is 4.71. The molecule has 17 heavy (non-hydrogen) atoms. The summed E-state index contributed by atoms with van der Waals surface area (Å²) in [5, 5.41) is 8.80. The van der Waals surface area contributed by atoms with Gasteiger partial charge < -0.3 is 14.7 Å². The maximum atomic E-state index is 8.80. The molecular weight excluding hydrogens is 214 g/mol. The van der Waals surface area contributed by atoms with Crippen molar-refractivity contribution in [2.24, 2.45) is 0 Å². The Labute approximate surface area is 103 Å². The summed E-state index contributed by atoms with van der Waals surface area (Å²) in [4.78, 5) is 2.24. The quantitative estimate of drug-likeness (QED) is 0.845. The fourth-order valence-electron chi connectivity index (χ4n) is 2.24. The molecule has 1 N–H and O–H groups in total. The molecule has 0 bridgehead atoms. The summed E-state index contributed by atoms with van der Waals surface area (Å²) >= 11 is 0. The fraction of sp³-hybridized carbons (Fsp3) is 0.571. The number of nitrogens with zero attached hydrogens (tertiary/aromatic N) is 1. The van der Waals surface area contributed by atoms with Gasteiger partial charge in [-0.25, -0.2) is 0 Å². The topological polar surface area (TPSA) is 32.7 Å². The molecule has 0 atom stereocenters. The lowest BCUT2D eigenvalue weighted by Gasteiger charge is -2.20. The van der Waals surface area contributed by atoms with E-state index in [4.69, 9.17) is 9.84 Å². The molecule has 3 heteroatoms. The smallest absolute Gasteiger partial charge is 0.122 e. The molecule has 1 aliphatic heterocycles. The summed E-state index contributed by atoms with van der Waals surface area (Å²) in [5.74, 6) is 1.05. The molecule has 0 aromatic heterocycles. The van der Waals surface area contributed by atoms with Crippen LogP contribution in [0, 0.1) is 0 Å². The van der Waals surface area contributed by atoms with Gasteiger partial charge in [0.1, 0.15) is 5.75 Å². The largest absolute Gasteiger partial charge is 0.493 e. The van der Waals surface area contributed by atoms with Crippen LogP contribution in [0.2, 0.25) is 0 Å². The van der Waals surface area contributed by atoms with Crippen molar-refractivity contribution in [3.63, 3.8) is 0 Å². The van der Waals surface area contributed by atoms with E-state index in [2.05, 4.69) is 30.1 Å². The SMILES string of the molecule is CN(CCCO)Cc1ccc2c(c1)CCCO2. The van der Waals surface area contributed by atoms with Crippen molar-refractivity contribution in [1.82, 2.24) is 4.90 Å². The zero-order chi connectivity index (χ0) is 12.1. The Kier molecular flexibility index (Phi) is 4.40. The average Bonchev–Trinajstić information content (AvgIpc) is 2.36. The molecule has 1 aromatic carbocycles. The Morgan fingerprint density at radius 2 is 2.29 bits per heavy atom. The van der Waals surface area contributed by atoms with Crippen molar-refractivity contribution >= 4 is 0 Å². The molecule has 94 valence electrons. The van der Waals surface area contributed by atoms with Gasteiger partial charge in [-0.05, 0) is 43.5 Å². The van der Waals surface area contributed by atoms with Gasteiger partial charge in [0, 0.05) is 19.7 Å². The number of hydrogen-bond acceptors (Lipinski definition) is 3. The molecule has 0 amide bonds. The molecule has 0 saturated carbocycles. The highest BCUT2D eigenvalue weighted by atomic mass is 16.5. The Bertz CT molecular complexity index is 365. The van der Waals surface area contributed by atoms with Crippen molar-refractivity contribution in [2.75, 3.05) is 26.8 Å². The number of aliphatic hydroxyl groups is 1. The van der Waals surface area contributed by atoms with Gasteiger partial charge in [0.15, 0.2) is 0 Å². The van der Waals surface area contributed by atoms with E-state index in [0.29, 0.717) is 0 Å². The van der Waals surface area contributed by atoms with Crippen molar-refractivity contribution in [1.29, 1.82) is 0 Å². The maximum Gasteiger partial charge on any atom is 0.122 e. The van der Waals surface area contributed by atoms with Crippen LogP contribution in [0.5, 0.6) is 5.75 Å². The van der Waals surface area contributed by atoms with Crippen LogP contribution in [0.4, 0.5) is 0 Å². The molecule has 0 radical (unpaired) electrons. The Hall–Kier alpha value is -1.06. The average molecular weight is 235 g/mol. The minimum Gasteiger partial charge on any atom is -0.493 e. The Balaban J connectivity index is 1.97. The summed E-state index contributed by atoms with van der Waals surface area (Å²) in [5.41, 5.74) is 2.67. The van der Waals surface area contributed by atoms with Gasteiger partial charge in [0.25, 0.3) is 0 Å². The molecule has 1 aromatic rings. The van der Waals surface area contributed by atoms with Crippen LogP contribution in [0.3, 0.4) is 0 Å². The van der Waals surface area contributed by atoms with E-state index in [9.17, 15) is 0 Å². The summed E-state index contributed by atoms with van der Waals surface area (Å²) in [6.07, 6.45) is 3.09. The van der Waals surface area contributed by atoms with E-state index < -0.39 is 0 Å². The molecule has 1 heterocycles. The number of rotatable bonds is 5. The third kappa shape index (κ3) is 3.45. The third-order valence-corrected chi connectivity index (χ3v) is 3.12. The van der Waals surface area contributed by atoms with Crippen LogP contribution in [0.15, 0.2) is 18.2 Å². The molecule has 0 fully saturated rings. The highest BCUT2D eigenvalue weighted by Crippen LogP contribution is 2.25. The molecule has 3 nitrogen and oxygen atoms in total. The molecule has 0 unspecified atom stereocenters. The standard InChI is InChI=1S/C14H21NO2/c1-15(7-3-8-16)11-12-5-6-14-13(10-12)4-2-9-17-14/h5-6,10,16H,2-4,7-9,11H2,1H3. The normalized spacial score (nSPS) is 14.5. The lowest BCUT2D eigenvalue weighted by molar-refractivity contribution is 0.244. The van der Waals surface area contributed by atoms with Gasteiger partial charge >= 0.3 is 0 Å². The predicted molar refractivity (Wildman–Crippen MR) is 68.3 cm³/mol. The number of benzene rings is 1. The van der Waals surface area contributed by atoms with Crippen molar-refractivity contribution < 1.29 is 9.84 Å². The van der Waals surface area contributed by atoms with Crippen LogP contribution in [-0.4, -0.2) is 36.8 Å². The predicted octanol–water partition coefficient (Wildman–Crippen LogP) is 1.83. The van der Waals surface area contributed by atoms with Gasteiger partial charge in [0.05, 0.1) is 6.61 Å². The first kappa shape index (κ1) is 12.4. The fourth-order valence-corrected chi connectivity index (χ4v) is 2.24. The number of aliphatic hydroxyl groups excluding tert-OH is 1. The second kappa shape index (κ2) is 6.03. The maximum absolute atomic E-state index is 8.80. The molecule has 0 saturated heterocycles. The summed E-state index contributed by atoms with van der Waals surface area (Å²) in [7, 11) is 2.09. The summed E-state index contributed by atoms with van der Waals surface area (Å²) in [6.45, 7) is 2.99. The van der Waals surface area contributed by atoms with Crippen molar-refractivity contribution in [3.8, 4) is 5.75 Å². The molecular formula is C14H21NO2.